The molecule has 0 aromatic rings. The van der Waals surface area contributed by atoms with Crippen LogP contribution >= 0.6 is 0 Å². The number of nitrogens with two attached hydrogens (primary N) is 5. The van der Waals surface area contributed by atoms with Gasteiger partial charge in [0.05, 0.1) is 25.2 Å². The number of carboxylic acid groups (broad SMARTS) is 1. The van der Waals surface area contributed by atoms with Gasteiger partial charge < -0.3 is 70.8 Å². The first kappa shape index (κ1) is 47.8. The number of aliphatic imine (C=N–C) groups is 2. The highest BCUT2D eigenvalue weighted by Crippen LogP contribution is 2.08. The van der Waals surface area contributed by atoms with Crippen LogP contribution in [0.4, 0.5) is 0 Å². The van der Waals surface area contributed by atoms with Crippen LogP contribution in [0.25, 0.3) is 0 Å². The summed E-state index contributed by atoms with van der Waals surface area (Å²) in [6.45, 7) is 7.16. The minimum absolute atomic E-state index is 0.0211. The average Bonchev–Trinajstić information content (AvgIpc) is 3.08. The highest BCUT2D eigenvalue weighted by atomic mass is 16.4. The molecular formula is C31H59N13O9. The number of rotatable bonds is 25. The lowest BCUT2D eigenvalue weighted by Crippen LogP contribution is -2.58. The molecule has 7 atom stereocenters. The summed E-state index contributed by atoms with van der Waals surface area (Å²) in [5, 5.41) is 34.1. The molecule has 0 fully saturated rings. The molecule has 0 saturated heterocycles. The second kappa shape index (κ2) is 24.9. The first-order valence-corrected chi connectivity index (χ1v) is 17.2. The molecule has 0 aromatic heterocycles. The highest BCUT2D eigenvalue weighted by Gasteiger charge is 2.31. The number of aliphatic hydroxyl groups is 1. The van der Waals surface area contributed by atoms with Crippen LogP contribution < -0.4 is 60.6 Å². The topological polar surface area (TPSA) is 387 Å². The maximum absolute atomic E-state index is 13.1. The second-order valence-electron chi connectivity index (χ2n) is 12.8. The molecule has 18 N–H and O–H groups in total. The average molecular weight is 758 g/mol. The van der Waals surface area contributed by atoms with Crippen molar-refractivity contribution in [1.82, 2.24) is 31.9 Å². The van der Waals surface area contributed by atoms with Gasteiger partial charge in [-0.15, -0.1) is 0 Å². The molecule has 0 bridgehead atoms. The Labute approximate surface area is 308 Å². The summed E-state index contributed by atoms with van der Waals surface area (Å²) >= 11 is 0. The van der Waals surface area contributed by atoms with Crippen molar-refractivity contribution in [3.63, 3.8) is 0 Å². The lowest BCUT2D eigenvalue weighted by Gasteiger charge is -2.25. The summed E-state index contributed by atoms with van der Waals surface area (Å²) in [4.78, 5) is 96.2. The van der Waals surface area contributed by atoms with Gasteiger partial charge in [0.2, 0.25) is 35.4 Å². The van der Waals surface area contributed by atoms with Crippen LogP contribution in [0.5, 0.6) is 0 Å². The Bertz CT molecular complexity index is 1300. The van der Waals surface area contributed by atoms with Gasteiger partial charge in [0.1, 0.15) is 24.2 Å². The van der Waals surface area contributed by atoms with Crippen LogP contribution in [0.2, 0.25) is 0 Å². The van der Waals surface area contributed by atoms with Gasteiger partial charge >= 0.3 is 5.97 Å². The molecular weight excluding hydrogens is 698 g/mol. The highest BCUT2D eigenvalue weighted by molar-refractivity contribution is 5.95. The zero-order valence-electron chi connectivity index (χ0n) is 31.0. The maximum atomic E-state index is 13.1. The predicted molar refractivity (Wildman–Crippen MR) is 195 cm³/mol. The quantitative estimate of drug-likeness (QED) is 0.0235. The Hall–Kier alpha value is -5.25. The smallest absolute Gasteiger partial charge is 0.326 e. The summed E-state index contributed by atoms with van der Waals surface area (Å²) in [6.07, 6.45) is -0.424. The molecule has 0 unspecified atom stereocenters. The molecule has 0 saturated carbocycles. The predicted octanol–water partition coefficient (Wildman–Crippen LogP) is -5.24. The molecule has 302 valence electrons. The van der Waals surface area contributed by atoms with Crippen LogP contribution in [0.1, 0.15) is 66.7 Å². The fraction of sp³-hybridized carbons (Fsp3) is 0.710. The lowest BCUT2D eigenvalue weighted by molar-refractivity contribution is -0.142. The molecule has 0 rings (SSSR count). The summed E-state index contributed by atoms with van der Waals surface area (Å²) in [5.41, 5.74) is 27.2. The van der Waals surface area contributed by atoms with Crippen molar-refractivity contribution in [3.05, 3.63) is 0 Å². The van der Waals surface area contributed by atoms with Gasteiger partial charge in [-0.1, -0.05) is 34.1 Å². The van der Waals surface area contributed by atoms with E-state index in [0.29, 0.717) is 6.42 Å². The van der Waals surface area contributed by atoms with Gasteiger partial charge in [0.25, 0.3) is 0 Å². The Morgan fingerprint density at radius 2 is 1.11 bits per heavy atom. The van der Waals surface area contributed by atoms with E-state index in [9.17, 15) is 43.8 Å². The molecule has 0 aromatic carbocycles. The van der Waals surface area contributed by atoms with Gasteiger partial charge in [-0.2, -0.15) is 0 Å². The molecule has 0 heterocycles. The normalized spacial score (nSPS) is 14.8. The Morgan fingerprint density at radius 3 is 1.55 bits per heavy atom. The standard InChI is InChI=1S/C31H59N13O9/c1-6-16(4)22(32)26(49)44-23(15(2)3)27(50)39-14-21(47)43-24(17(5)45)28(51)40-13-20(46)41-18(9-7-11-37-30(33)34)25(48)42-19(29(52)53)10-8-12-38-31(35)36/h15-19,22-24,45H,6-14,32H2,1-5H3,(H,39,50)(H,40,51)(H,41,46)(H,42,48)(H,43,47)(H,44,49)(H,52,53)(H4,33,34,37)(H4,35,36,38)/t16-,17+,18-,19-,22-,23-,24-/m0/s1. The van der Waals surface area contributed by atoms with Crippen molar-refractivity contribution in [1.29, 1.82) is 0 Å². The number of guanidine groups is 2. The monoisotopic (exact) mass is 757 g/mol. The number of nitrogens with one attached hydrogen (secondary N) is 6. The van der Waals surface area contributed by atoms with Crippen molar-refractivity contribution in [3.8, 4) is 0 Å². The largest absolute Gasteiger partial charge is 0.480 e. The van der Waals surface area contributed by atoms with Crippen molar-refractivity contribution in [2.45, 2.75) is 103 Å². The molecule has 22 heteroatoms. The van der Waals surface area contributed by atoms with E-state index in [1.54, 1.807) is 20.8 Å². The molecule has 0 aliphatic heterocycles. The van der Waals surface area contributed by atoms with E-state index >= 15 is 0 Å². The lowest BCUT2D eigenvalue weighted by atomic mass is 9.97. The summed E-state index contributed by atoms with van der Waals surface area (Å²) in [5.74, 6) is -6.93. The van der Waals surface area contributed by atoms with Gasteiger partial charge in [-0.3, -0.25) is 38.8 Å². The summed E-state index contributed by atoms with van der Waals surface area (Å²) in [6, 6.07) is -6.02. The summed E-state index contributed by atoms with van der Waals surface area (Å²) < 4.78 is 0. The molecule has 22 nitrogen and oxygen atoms in total. The number of nitrogens with zero attached hydrogens (tertiary/aromatic N) is 2. The third-order valence-corrected chi connectivity index (χ3v) is 7.89. The number of carbonyl (C=O) groups is 7. The number of hydrogen-bond donors (Lipinski definition) is 13. The van der Waals surface area contributed by atoms with Crippen molar-refractivity contribution in [2.75, 3.05) is 26.2 Å². The van der Waals surface area contributed by atoms with Crippen molar-refractivity contribution >= 4 is 53.3 Å². The molecule has 0 aliphatic carbocycles. The molecule has 0 aliphatic rings. The SMILES string of the molecule is CC[C@H](C)[C@H](N)C(=O)N[C@H](C(=O)NCC(=O)N[C@H](C(=O)NCC(=O)N[C@@H](CCCN=C(N)N)C(=O)N[C@@H](CCCN=C(N)N)C(=O)O)[C@@H](C)O)C(C)C. The first-order chi connectivity index (χ1) is 24.7. The molecule has 6 amide bonds. The van der Waals surface area contributed by atoms with Crippen LogP contribution in [-0.2, 0) is 33.6 Å². The van der Waals surface area contributed by atoms with Crippen LogP contribution in [-0.4, -0.2) is 126 Å². The van der Waals surface area contributed by atoms with E-state index in [1.165, 1.54) is 6.92 Å². The number of hydrogen-bond acceptors (Lipinski definition) is 11. The molecule has 0 radical (unpaired) electrons. The van der Waals surface area contributed by atoms with Gasteiger partial charge in [0.15, 0.2) is 11.9 Å². The second-order valence-corrected chi connectivity index (χ2v) is 12.8. The molecule has 0 spiro atoms. The zero-order chi connectivity index (χ0) is 40.8. The van der Waals surface area contributed by atoms with Crippen molar-refractivity contribution in [2.24, 2.45) is 50.5 Å². The van der Waals surface area contributed by atoms with E-state index in [1.807, 2.05) is 6.92 Å². The van der Waals surface area contributed by atoms with Gasteiger partial charge in [-0.25, -0.2) is 4.79 Å². The van der Waals surface area contributed by atoms with E-state index in [2.05, 4.69) is 41.9 Å². The first-order valence-electron chi connectivity index (χ1n) is 17.2. The third kappa shape index (κ3) is 19.8. The number of amides is 6. The van der Waals surface area contributed by atoms with Gasteiger partial charge in [-0.05, 0) is 44.4 Å². The number of carbonyl (C=O) groups excluding carboxylic acids is 6. The minimum Gasteiger partial charge on any atom is -0.480 e. The van der Waals surface area contributed by atoms with Gasteiger partial charge in [0, 0.05) is 13.1 Å². The van der Waals surface area contributed by atoms with Crippen LogP contribution in [0.15, 0.2) is 9.98 Å². The van der Waals surface area contributed by atoms with E-state index < -0.39 is 90.8 Å². The summed E-state index contributed by atoms with van der Waals surface area (Å²) in [7, 11) is 0. The number of aliphatic hydroxyl groups excluding tert-OH is 1. The van der Waals surface area contributed by atoms with E-state index in [4.69, 9.17) is 28.7 Å². The Kier molecular flexibility index (Phi) is 22.4. The number of carboxylic acids is 1. The number of aliphatic carboxylic acids is 1. The van der Waals surface area contributed by atoms with E-state index in [-0.39, 0.29) is 62.5 Å². The Balaban J connectivity index is 5.42. The van der Waals surface area contributed by atoms with Crippen LogP contribution in [0, 0.1) is 11.8 Å². The zero-order valence-corrected chi connectivity index (χ0v) is 31.0. The maximum Gasteiger partial charge on any atom is 0.326 e. The van der Waals surface area contributed by atoms with Crippen LogP contribution in [0.3, 0.4) is 0 Å². The van der Waals surface area contributed by atoms with E-state index in [0.717, 1.165) is 0 Å². The fourth-order valence-electron chi connectivity index (χ4n) is 4.53. The minimum atomic E-state index is -1.56. The third-order valence-electron chi connectivity index (χ3n) is 7.89. The fourth-order valence-corrected chi connectivity index (χ4v) is 4.53. The molecule has 53 heavy (non-hydrogen) atoms. The van der Waals surface area contributed by atoms with Crippen molar-refractivity contribution < 1.29 is 43.8 Å². The Morgan fingerprint density at radius 1 is 0.642 bits per heavy atom.